The molecule has 0 fully saturated rings. The fraction of sp³-hybridized carbons (Fsp3) is 0.500. The Balaban J connectivity index is 2.29. The van der Waals surface area contributed by atoms with Crippen LogP contribution in [0.2, 0.25) is 0 Å². The summed E-state index contributed by atoms with van der Waals surface area (Å²) in [5.41, 5.74) is 2.04. The molecule has 0 saturated carbocycles. The Morgan fingerprint density at radius 3 is 2.59 bits per heavy atom. The molecule has 0 radical (unpaired) electrons. The summed E-state index contributed by atoms with van der Waals surface area (Å²) < 4.78 is 40.9. The van der Waals surface area contributed by atoms with E-state index in [1.807, 2.05) is 32.0 Å². The van der Waals surface area contributed by atoms with Crippen LogP contribution in [0, 0.1) is 13.8 Å². The number of rotatable bonds is 5. The standard InChI is InChI=1S/C12H16F3NO/c1-9-3-4-10(2)11(7-9)17-6-5-16-8-12(13,14)15/h3-4,7,16H,5-6,8H2,1-2H3. The maximum absolute atomic E-state index is 11.8. The zero-order valence-electron chi connectivity index (χ0n) is 9.90. The number of nitrogens with one attached hydrogen (secondary N) is 1. The molecule has 17 heavy (non-hydrogen) atoms. The van der Waals surface area contributed by atoms with Crippen molar-refractivity contribution >= 4 is 0 Å². The predicted octanol–water partition coefficient (Wildman–Crippen LogP) is 2.83. The SMILES string of the molecule is Cc1ccc(C)c(OCCNCC(F)(F)F)c1. The molecule has 0 aliphatic carbocycles. The molecule has 5 heteroatoms. The topological polar surface area (TPSA) is 21.3 Å². The van der Waals surface area contributed by atoms with Gasteiger partial charge in [0.2, 0.25) is 0 Å². The second kappa shape index (κ2) is 5.91. The summed E-state index contributed by atoms with van der Waals surface area (Å²) in [6.45, 7) is 3.25. The highest BCUT2D eigenvalue weighted by atomic mass is 19.4. The van der Waals surface area contributed by atoms with E-state index in [1.165, 1.54) is 0 Å². The molecule has 1 aromatic carbocycles. The zero-order chi connectivity index (χ0) is 12.9. The van der Waals surface area contributed by atoms with Crippen molar-refractivity contribution in [3.05, 3.63) is 29.3 Å². The van der Waals surface area contributed by atoms with Crippen molar-refractivity contribution < 1.29 is 17.9 Å². The van der Waals surface area contributed by atoms with E-state index in [2.05, 4.69) is 5.32 Å². The molecule has 0 bridgehead atoms. The van der Waals surface area contributed by atoms with E-state index >= 15 is 0 Å². The van der Waals surface area contributed by atoms with Crippen molar-refractivity contribution in [3.8, 4) is 5.75 Å². The average molecular weight is 247 g/mol. The van der Waals surface area contributed by atoms with E-state index in [0.717, 1.165) is 16.9 Å². The van der Waals surface area contributed by atoms with Gasteiger partial charge in [-0.15, -0.1) is 0 Å². The fourth-order valence-electron chi connectivity index (χ4n) is 1.33. The van der Waals surface area contributed by atoms with Gasteiger partial charge in [0.05, 0.1) is 6.54 Å². The van der Waals surface area contributed by atoms with Crippen molar-refractivity contribution in [2.24, 2.45) is 0 Å². The van der Waals surface area contributed by atoms with E-state index in [-0.39, 0.29) is 13.2 Å². The normalized spacial score (nSPS) is 11.6. The van der Waals surface area contributed by atoms with Crippen LogP contribution < -0.4 is 10.1 Å². The molecule has 0 amide bonds. The van der Waals surface area contributed by atoms with E-state index in [4.69, 9.17) is 4.74 Å². The number of hydrogen-bond acceptors (Lipinski definition) is 2. The second-order valence-corrected chi connectivity index (χ2v) is 3.91. The summed E-state index contributed by atoms with van der Waals surface area (Å²) in [5, 5.41) is 2.28. The third kappa shape index (κ3) is 5.58. The highest BCUT2D eigenvalue weighted by Gasteiger charge is 2.25. The third-order valence-corrected chi connectivity index (χ3v) is 2.21. The third-order valence-electron chi connectivity index (χ3n) is 2.21. The first kappa shape index (κ1) is 13.8. The van der Waals surface area contributed by atoms with E-state index in [1.54, 1.807) is 0 Å². The molecule has 96 valence electrons. The van der Waals surface area contributed by atoms with Gasteiger partial charge in [0, 0.05) is 6.54 Å². The number of halogens is 3. The number of benzene rings is 1. The quantitative estimate of drug-likeness (QED) is 0.808. The number of ether oxygens (including phenoxy) is 1. The van der Waals surface area contributed by atoms with Crippen LogP contribution >= 0.6 is 0 Å². The van der Waals surface area contributed by atoms with E-state index in [9.17, 15) is 13.2 Å². The first-order valence-electron chi connectivity index (χ1n) is 5.36. The van der Waals surface area contributed by atoms with Gasteiger partial charge in [-0.05, 0) is 31.0 Å². The molecule has 1 rings (SSSR count). The Morgan fingerprint density at radius 1 is 1.24 bits per heavy atom. The van der Waals surface area contributed by atoms with Gasteiger partial charge in [-0.1, -0.05) is 12.1 Å². The van der Waals surface area contributed by atoms with E-state index in [0.29, 0.717) is 0 Å². The van der Waals surface area contributed by atoms with Crippen LogP contribution in [0.3, 0.4) is 0 Å². The Hall–Kier alpha value is -1.23. The van der Waals surface area contributed by atoms with Crippen molar-refractivity contribution in [2.45, 2.75) is 20.0 Å². The van der Waals surface area contributed by atoms with Crippen LogP contribution in [0.4, 0.5) is 13.2 Å². The minimum atomic E-state index is -4.17. The lowest BCUT2D eigenvalue weighted by Gasteiger charge is -2.11. The van der Waals surface area contributed by atoms with Gasteiger partial charge < -0.3 is 10.1 Å². The Morgan fingerprint density at radius 2 is 1.94 bits per heavy atom. The summed E-state index contributed by atoms with van der Waals surface area (Å²) in [6.07, 6.45) is -4.17. The molecular formula is C12H16F3NO. The molecule has 0 aliphatic heterocycles. The maximum Gasteiger partial charge on any atom is 0.401 e. The number of alkyl halides is 3. The minimum Gasteiger partial charge on any atom is -0.492 e. The highest BCUT2D eigenvalue weighted by molar-refractivity contribution is 5.35. The average Bonchev–Trinajstić information content (AvgIpc) is 2.21. The van der Waals surface area contributed by atoms with Gasteiger partial charge in [-0.25, -0.2) is 0 Å². The molecule has 0 atom stereocenters. The van der Waals surface area contributed by atoms with Crippen LogP contribution in [-0.2, 0) is 0 Å². The first-order valence-corrected chi connectivity index (χ1v) is 5.36. The van der Waals surface area contributed by atoms with Gasteiger partial charge in [0.1, 0.15) is 12.4 Å². The monoisotopic (exact) mass is 247 g/mol. The smallest absolute Gasteiger partial charge is 0.401 e. The summed E-state index contributed by atoms with van der Waals surface area (Å²) in [7, 11) is 0. The van der Waals surface area contributed by atoms with Crippen LogP contribution in [0.25, 0.3) is 0 Å². The summed E-state index contributed by atoms with van der Waals surface area (Å²) in [4.78, 5) is 0. The van der Waals surface area contributed by atoms with Crippen LogP contribution in [-0.4, -0.2) is 25.9 Å². The lowest BCUT2D eigenvalue weighted by atomic mass is 10.1. The number of hydrogen-bond donors (Lipinski definition) is 1. The summed E-state index contributed by atoms with van der Waals surface area (Å²) in [5.74, 6) is 0.721. The highest BCUT2D eigenvalue weighted by Crippen LogP contribution is 2.18. The van der Waals surface area contributed by atoms with Crippen LogP contribution in [0.1, 0.15) is 11.1 Å². The van der Waals surface area contributed by atoms with E-state index < -0.39 is 12.7 Å². The van der Waals surface area contributed by atoms with Gasteiger partial charge in [0.25, 0.3) is 0 Å². The Labute approximate surface area is 98.8 Å². The molecule has 2 nitrogen and oxygen atoms in total. The summed E-state index contributed by atoms with van der Waals surface area (Å²) in [6, 6.07) is 5.76. The molecule has 0 saturated heterocycles. The van der Waals surface area contributed by atoms with Gasteiger partial charge in [-0.2, -0.15) is 13.2 Å². The van der Waals surface area contributed by atoms with Crippen molar-refractivity contribution in [1.29, 1.82) is 0 Å². The van der Waals surface area contributed by atoms with Crippen molar-refractivity contribution in [3.63, 3.8) is 0 Å². The lowest BCUT2D eigenvalue weighted by Crippen LogP contribution is -2.31. The molecule has 0 aromatic heterocycles. The molecule has 0 unspecified atom stereocenters. The van der Waals surface area contributed by atoms with Gasteiger partial charge in [0.15, 0.2) is 0 Å². The van der Waals surface area contributed by atoms with Crippen LogP contribution in [0.15, 0.2) is 18.2 Å². The summed E-state index contributed by atoms with van der Waals surface area (Å²) >= 11 is 0. The Bertz CT molecular complexity index is 363. The van der Waals surface area contributed by atoms with Gasteiger partial charge in [-0.3, -0.25) is 0 Å². The fourth-order valence-corrected chi connectivity index (χ4v) is 1.33. The maximum atomic E-state index is 11.8. The zero-order valence-corrected chi connectivity index (χ0v) is 9.90. The molecule has 0 spiro atoms. The molecule has 1 N–H and O–H groups in total. The van der Waals surface area contributed by atoms with Crippen molar-refractivity contribution in [2.75, 3.05) is 19.7 Å². The number of aryl methyl sites for hydroxylation is 2. The second-order valence-electron chi connectivity index (χ2n) is 3.91. The first-order chi connectivity index (χ1) is 7.88. The molecule has 1 aromatic rings. The molecule has 0 aliphatic rings. The Kier molecular flexibility index (Phi) is 4.81. The minimum absolute atomic E-state index is 0.174. The largest absolute Gasteiger partial charge is 0.492 e. The van der Waals surface area contributed by atoms with Crippen LogP contribution in [0.5, 0.6) is 5.75 Å². The molecular weight excluding hydrogens is 231 g/mol. The lowest BCUT2D eigenvalue weighted by molar-refractivity contribution is -0.124. The van der Waals surface area contributed by atoms with Crippen molar-refractivity contribution in [1.82, 2.24) is 5.32 Å². The molecule has 0 heterocycles. The predicted molar refractivity (Wildman–Crippen MR) is 60.3 cm³/mol. The van der Waals surface area contributed by atoms with Gasteiger partial charge >= 0.3 is 6.18 Å².